The van der Waals surface area contributed by atoms with Crippen molar-refractivity contribution < 1.29 is 32.7 Å². The van der Waals surface area contributed by atoms with Gasteiger partial charge in [-0.2, -0.15) is 19.1 Å². The number of nitrogens with zero attached hydrogens (tertiary/aromatic N) is 3. The van der Waals surface area contributed by atoms with Gasteiger partial charge in [-0.15, -0.1) is 0 Å². The minimum atomic E-state index is 0. The van der Waals surface area contributed by atoms with Crippen LogP contribution in [0.15, 0.2) is 24.4 Å². The van der Waals surface area contributed by atoms with Crippen molar-refractivity contribution in [3.05, 3.63) is 42.7 Å². The summed E-state index contributed by atoms with van der Waals surface area (Å²) < 4.78 is 0. The number of hydrogen-bond acceptors (Lipinski definition) is 3. The molecule has 0 aliphatic heterocycles. The zero-order valence-electron chi connectivity index (χ0n) is 9.31. The Kier molecular flexibility index (Phi) is 7.88. The first-order valence-electron chi connectivity index (χ1n) is 4.58. The molecule has 0 spiro atoms. The van der Waals surface area contributed by atoms with Gasteiger partial charge in [0.05, 0.1) is 6.07 Å². The maximum absolute atomic E-state index is 8.59. The molecule has 0 bridgehead atoms. The van der Waals surface area contributed by atoms with E-state index in [9.17, 15) is 0 Å². The Morgan fingerprint density at radius 1 is 1.38 bits per heavy atom. The number of fused-ring (bicyclic) bond motifs is 1. The smallest absolute Gasteiger partial charge is 0.0981 e. The molecule has 3 nitrogen and oxygen atoms in total. The molecule has 0 saturated carbocycles. The van der Waals surface area contributed by atoms with Crippen molar-refractivity contribution in [3.63, 3.8) is 0 Å². The van der Waals surface area contributed by atoms with Crippen molar-refractivity contribution in [1.29, 1.82) is 5.26 Å². The Balaban J connectivity index is 0.000000511. The first-order chi connectivity index (χ1) is 7.31. The third kappa shape index (κ3) is 4.34. The predicted octanol–water partition coefficient (Wildman–Crippen LogP) is 2.53. The van der Waals surface area contributed by atoms with Crippen LogP contribution in [0.5, 0.6) is 0 Å². The molecule has 1 radical (unpaired) electrons. The number of nitriles is 1. The van der Waals surface area contributed by atoms with Crippen LogP contribution in [0.1, 0.15) is 19.4 Å². The van der Waals surface area contributed by atoms with Crippen molar-refractivity contribution in [3.8, 4) is 6.07 Å². The first-order valence-corrected chi connectivity index (χ1v) is 4.58. The number of rotatable bonds is 0. The monoisotopic (exact) mass is 286 g/mol. The van der Waals surface area contributed by atoms with Crippen LogP contribution in [0.2, 0.25) is 0 Å². The number of hydrogen-bond donors (Lipinski definition) is 0. The molecule has 4 heteroatoms. The molecule has 0 aliphatic rings. The summed E-state index contributed by atoms with van der Waals surface area (Å²) in [4.78, 5) is 7.65. The fourth-order valence-electron chi connectivity index (χ4n) is 1.00. The van der Waals surface area contributed by atoms with Gasteiger partial charge in [0, 0.05) is 44.6 Å². The normalized spacial score (nSPS) is 8.31. The van der Waals surface area contributed by atoms with E-state index in [1.54, 1.807) is 18.3 Å². The van der Waals surface area contributed by atoms with Gasteiger partial charge in [-0.25, -0.2) is 0 Å². The topological polar surface area (TPSA) is 49.6 Å². The fourth-order valence-corrected chi connectivity index (χ4v) is 1.00. The summed E-state index contributed by atoms with van der Waals surface area (Å²) in [6, 6.07) is 7.32. The van der Waals surface area contributed by atoms with Gasteiger partial charge in [-0.1, -0.05) is 23.7 Å². The van der Waals surface area contributed by atoms with Crippen LogP contribution in [0.4, 0.5) is 0 Å². The van der Waals surface area contributed by atoms with Crippen molar-refractivity contribution in [1.82, 2.24) is 9.97 Å². The molecule has 0 aliphatic carbocycles. The zero-order chi connectivity index (χ0) is 11.1. The summed E-state index contributed by atoms with van der Waals surface area (Å²) in [6.07, 6.45) is 6.15. The predicted molar refractivity (Wildman–Crippen MR) is 58.7 cm³/mol. The zero-order valence-corrected chi connectivity index (χ0v) is 12.1. The minimum Gasteiger partial charge on any atom is -0.374 e. The summed E-state index contributed by atoms with van der Waals surface area (Å²) in [7, 11) is 0. The molecule has 0 fully saturated rings. The minimum absolute atomic E-state index is 0. The molecule has 79 valence electrons. The molecular formula is C12H11N3Y-2. The van der Waals surface area contributed by atoms with Crippen LogP contribution in [-0.2, 0) is 32.7 Å². The fraction of sp³-hybridized carbons (Fsp3) is 0.167. The van der Waals surface area contributed by atoms with Crippen LogP contribution in [0, 0.1) is 24.1 Å². The summed E-state index contributed by atoms with van der Waals surface area (Å²) in [5.74, 6) is 0. The third-order valence-corrected chi connectivity index (χ3v) is 1.59. The molecule has 1 aromatic heterocycles. The summed E-state index contributed by atoms with van der Waals surface area (Å²) in [5, 5.41) is 9.52. The molecule has 0 saturated heterocycles. The Hall–Kier alpha value is -0.846. The van der Waals surface area contributed by atoms with Crippen molar-refractivity contribution in [2.45, 2.75) is 13.8 Å². The van der Waals surface area contributed by atoms with E-state index >= 15 is 0 Å². The van der Waals surface area contributed by atoms with Gasteiger partial charge in [0.25, 0.3) is 0 Å². The van der Waals surface area contributed by atoms with Crippen LogP contribution >= 0.6 is 0 Å². The van der Waals surface area contributed by atoms with Crippen LogP contribution in [0.3, 0.4) is 0 Å². The average Bonchev–Trinajstić information content (AvgIpc) is 2.29. The molecule has 2 aromatic rings. The molecule has 2 rings (SSSR count). The maximum Gasteiger partial charge on any atom is 0.0981 e. The van der Waals surface area contributed by atoms with Gasteiger partial charge in [-0.3, -0.25) is 0 Å². The van der Waals surface area contributed by atoms with Crippen molar-refractivity contribution >= 4 is 10.9 Å². The Labute approximate surface area is 121 Å². The van der Waals surface area contributed by atoms with Crippen LogP contribution in [-0.4, -0.2) is 9.97 Å². The van der Waals surface area contributed by atoms with Gasteiger partial charge < -0.3 is 16.4 Å². The Morgan fingerprint density at radius 3 is 2.69 bits per heavy atom. The average molecular weight is 286 g/mol. The summed E-state index contributed by atoms with van der Waals surface area (Å²) >= 11 is 0. The number of aromatic nitrogens is 2. The molecule has 0 amide bonds. The summed E-state index contributed by atoms with van der Waals surface area (Å²) in [5.41, 5.74) is 1.36. The van der Waals surface area contributed by atoms with Crippen LogP contribution in [0.25, 0.3) is 10.9 Å². The van der Waals surface area contributed by atoms with Gasteiger partial charge in [0.1, 0.15) is 0 Å². The number of benzene rings is 1. The van der Waals surface area contributed by atoms with Crippen molar-refractivity contribution in [2.75, 3.05) is 0 Å². The van der Waals surface area contributed by atoms with Gasteiger partial charge >= 0.3 is 0 Å². The van der Waals surface area contributed by atoms with E-state index in [4.69, 9.17) is 5.26 Å². The van der Waals surface area contributed by atoms with E-state index < -0.39 is 0 Å². The largest absolute Gasteiger partial charge is 0.374 e. The van der Waals surface area contributed by atoms with E-state index in [2.05, 4.69) is 16.3 Å². The second kappa shape index (κ2) is 8.32. The third-order valence-electron chi connectivity index (χ3n) is 1.59. The molecular weight excluding hydrogens is 275 g/mol. The first kappa shape index (κ1) is 15.2. The standard InChI is InChI=1S/C9H4N3.C3H7.Y/c10-4-7-1-2-8-5-11-6-12-9(8)3-7;1-3-2;/h1-3,5H;3H,1-2H3;/q2*-1;. The summed E-state index contributed by atoms with van der Waals surface area (Å²) in [6.45, 7) is 4.00. The van der Waals surface area contributed by atoms with E-state index in [0.717, 1.165) is 10.9 Å². The second-order valence-electron chi connectivity index (χ2n) is 2.93. The molecule has 16 heavy (non-hydrogen) atoms. The van der Waals surface area contributed by atoms with E-state index in [1.165, 1.54) is 0 Å². The molecule has 1 heterocycles. The molecule has 0 atom stereocenters. The SMILES string of the molecule is C[CH-]C.N#Cc1ccc2cn[c-]nc2c1.[Y]. The Morgan fingerprint density at radius 2 is 2.06 bits per heavy atom. The second-order valence-corrected chi connectivity index (χ2v) is 2.93. The van der Waals surface area contributed by atoms with Gasteiger partial charge in [-0.05, 0) is 11.6 Å². The van der Waals surface area contributed by atoms with Gasteiger partial charge in [0.2, 0.25) is 0 Å². The molecule has 1 aromatic carbocycles. The quantitative estimate of drug-likeness (QED) is 0.699. The van der Waals surface area contributed by atoms with E-state index in [1.807, 2.05) is 32.4 Å². The Bertz CT molecular complexity index is 477. The van der Waals surface area contributed by atoms with E-state index in [0.29, 0.717) is 5.56 Å². The van der Waals surface area contributed by atoms with Crippen molar-refractivity contribution in [2.24, 2.45) is 0 Å². The molecule has 0 unspecified atom stereocenters. The molecule has 0 N–H and O–H groups in total. The van der Waals surface area contributed by atoms with E-state index in [-0.39, 0.29) is 32.7 Å². The van der Waals surface area contributed by atoms with Crippen LogP contribution < -0.4 is 0 Å². The van der Waals surface area contributed by atoms with Gasteiger partial charge in [0.15, 0.2) is 0 Å². The maximum atomic E-state index is 8.59.